The Morgan fingerprint density at radius 3 is 2.23 bits per heavy atom. The molecule has 2 heterocycles. The average molecular weight is 381 g/mol. The number of likely N-dealkylation sites (N-methyl/N-ethyl adjacent to an activating group) is 2. The Labute approximate surface area is 152 Å². The van der Waals surface area contributed by atoms with Crippen LogP contribution in [0.4, 0.5) is 4.79 Å². The Bertz CT molecular complexity index is 925. The molecule has 1 atom stereocenters. The topological polar surface area (TPSA) is 178 Å². The van der Waals surface area contributed by atoms with Gasteiger partial charge in [0.25, 0.3) is 11.5 Å². The van der Waals surface area contributed by atoms with Crippen LogP contribution in [0.25, 0.3) is 0 Å². The van der Waals surface area contributed by atoms with Gasteiger partial charge >= 0.3 is 6.03 Å². The lowest BCUT2D eigenvalue weighted by Gasteiger charge is -2.32. The molecule has 0 aliphatic carbocycles. The zero-order chi connectivity index (χ0) is 20.0. The van der Waals surface area contributed by atoms with Gasteiger partial charge in [0.15, 0.2) is 10.7 Å². The summed E-state index contributed by atoms with van der Waals surface area (Å²) in [5, 5.41) is 20.5. The Morgan fingerprint density at radius 2 is 1.85 bits per heavy atom. The second-order valence-electron chi connectivity index (χ2n) is 5.63. The number of thiocarbonyl (C=S) groups is 1. The van der Waals surface area contributed by atoms with Crippen molar-refractivity contribution in [3.8, 4) is 0 Å². The first-order valence-electron chi connectivity index (χ1n) is 7.20. The number of amides is 2. The Balaban J connectivity index is 2.93. The van der Waals surface area contributed by atoms with Gasteiger partial charge in [-0.1, -0.05) is 0 Å². The Hall–Kier alpha value is -3.22. The fraction of sp³-hybridized carbons (Fsp3) is 0.385. The largest absolute Gasteiger partial charge is 0.845 e. The molecule has 0 bridgehead atoms. The quantitative estimate of drug-likeness (QED) is 0.221. The van der Waals surface area contributed by atoms with E-state index in [4.69, 9.17) is 23.7 Å². The highest BCUT2D eigenvalue weighted by molar-refractivity contribution is 7.80. The molecular weight excluding hydrogens is 364 g/mol. The first-order chi connectivity index (χ1) is 12.0. The number of aromatic amines is 1. The number of primary amides is 1. The first kappa shape index (κ1) is 19.1. The third kappa shape index (κ3) is 2.44. The normalized spacial score (nSPS) is 21.7. The van der Waals surface area contributed by atoms with E-state index >= 15 is 0 Å². The zero-order valence-corrected chi connectivity index (χ0v) is 15.2. The summed E-state index contributed by atoms with van der Waals surface area (Å²) in [5.74, 6) is -0.609. The summed E-state index contributed by atoms with van der Waals surface area (Å²) in [7, 11) is 2.91. The minimum atomic E-state index is -1.82. The van der Waals surface area contributed by atoms with Crippen LogP contribution in [0.5, 0.6) is 0 Å². The van der Waals surface area contributed by atoms with Crippen molar-refractivity contribution < 1.29 is 14.7 Å². The van der Waals surface area contributed by atoms with Crippen molar-refractivity contribution in [2.24, 2.45) is 21.7 Å². The maximum absolute atomic E-state index is 13.1. The molecule has 140 valence electrons. The number of rotatable bonds is 3. The van der Waals surface area contributed by atoms with Gasteiger partial charge in [-0.2, -0.15) is 9.78 Å². The van der Waals surface area contributed by atoms with E-state index in [1.54, 1.807) is 0 Å². The minimum absolute atomic E-state index is 0.0358. The van der Waals surface area contributed by atoms with Crippen LogP contribution in [-0.4, -0.2) is 62.5 Å². The molecule has 26 heavy (non-hydrogen) atoms. The van der Waals surface area contributed by atoms with Crippen LogP contribution in [-0.2, 0) is 10.3 Å². The minimum Gasteiger partial charge on any atom is -0.845 e. The number of nitrogens with one attached hydrogen (secondary N) is 1. The average Bonchev–Trinajstić information content (AvgIpc) is 2.94. The molecular formula is C13H17N8O4S-. The number of aryl methyl sites for hydroxylation is 1. The Kier molecular flexibility index (Phi) is 4.60. The van der Waals surface area contributed by atoms with E-state index in [0.717, 1.165) is 4.90 Å². The molecule has 1 aromatic rings. The number of H-pyrrole nitrogens is 1. The number of aromatic nitrogens is 2. The highest BCUT2D eigenvalue weighted by Gasteiger charge is 2.59. The molecule has 1 unspecified atom stereocenters. The third-order valence-corrected chi connectivity index (χ3v) is 4.71. The Morgan fingerprint density at radius 1 is 1.27 bits per heavy atom. The van der Waals surface area contributed by atoms with E-state index in [1.807, 2.05) is 0 Å². The van der Waals surface area contributed by atoms with Crippen molar-refractivity contribution in [1.29, 1.82) is 0 Å². The highest BCUT2D eigenvalue weighted by Crippen LogP contribution is 2.37. The van der Waals surface area contributed by atoms with Crippen molar-refractivity contribution in [1.82, 2.24) is 19.6 Å². The van der Waals surface area contributed by atoms with Crippen molar-refractivity contribution in [3.63, 3.8) is 0 Å². The number of nitrogens with zero attached hydrogens (tertiary/aromatic N) is 5. The molecule has 0 spiro atoms. The van der Waals surface area contributed by atoms with Gasteiger partial charge in [-0.25, -0.2) is 4.79 Å². The number of amidine groups is 1. The van der Waals surface area contributed by atoms with E-state index in [-0.39, 0.29) is 22.1 Å². The second-order valence-corrected chi connectivity index (χ2v) is 6.00. The van der Waals surface area contributed by atoms with E-state index in [0.29, 0.717) is 4.68 Å². The predicted molar refractivity (Wildman–Crippen MR) is 94.3 cm³/mol. The van der Waals surface area contributed by atoms with Crippen molar-refractivity contribution in [2.75, 3.05) is 14.1 Å². The molecule has 0 radical (unpaired) electrons. The van der Waals surface area contributed by atoms with E-state index in [9.17, 15) is 19.5 Å². The summed E-state index contributed by atoms with van der Waals surface area (Å²) >= 11 is 5.23. The molecule has 2 amide bonds. The van der Waals surface area contributed by atoms with Crippen molar-refractivity contribution >= 4 is 41.0 Å². The molecule has 12 nitrogen and oxygen atoms in total. The molecule has 5 N–H and O–H groups in total. The molecule has 1 fully saturated rings. The summed E-state index contributed by atoms with van der Waals surface area (Å²) in [5.41, 5.74) is 7.54. The second kappa shape index (κ2) is 6.25. The van der Waals surface area contributed by atoms with E-state index in [1.165, 1.54) is 32.8 Å². The van der Waals surface area contributed by atoms with E-state index in [2.05, 4.69) is 15.3 Å². The van der Waals surface area contributed by atoms with Crippen LogP contribution in [0.15, 0.2) is 15.0 Å². The fourth-order valence-electron chi connectivity index (χ4n) is 3.02. The number of carbonyl (C=O) groups is 2. The summed E-state index contributed by atoms with van der Waals surface area (Å²) < 4.78 is 0.563. The molecule has 2 rings (SSSR count). The lowest BCUT2D eigenvalue weighted by atomic mass is 9.84. The van der Waals surface area contributed by atoms with Gasteiger partial charge < -0.3 is 21.5 Å². The van der Waals surface area contributed by atoms with Gasteiger partial charge in [-0.15, -0.1) is 5.10 Å². The molecule has 0 aromatic carbocycles. The summed E-state index contributed by atoms with van der Waals surface area (Å²) in [4.78, 5) is 39.9. The van der Waals surface area contributed by atoms with Crippen molar-refractivity contribution in [3.05, 3.63) is 21.6 Å². The number of nitrogens with two attached hydrogens (primary N) is 2. The van der Waals surface area contributed by atoms with E-state index < -0.39 is 29.1 Å². The molecule has 13 heteroatoms. The van der Waals surface area contributed by atoms with Crippen LogP contribution in [0.1, 0.15) is 18.2 Å². The molecule has 1 aliphatic rings. The lowest BCUT2D eigenvalue weighted by Crippen LogP contribution is -2.54. The molecule has 1 aliphatic heterocycles. The maximum Gasteiger partial charge on any atom is 0.341 e. The standard InChI is InChI=1S/C13H18N8O4S/c1-5-7(8(22)21(18-5)11(15)25)13(6(2)16-17-10(14)24)9(23)19(3)12(26)20(13)4/h18H,1-4H3,(H2,15,25)(H3,14,17,24)/p-1/b16-6-. The van der Waals surface area contributed by atoms with Gasteiger partial charge in [0.05, 0.1) is 17.3 Å². The zero-order valence-electron chi connectivity index (χ0n) is 14.4. The number of hydrogen-bond acceptors (Lipinski definition) is 7. The summed E-state index contributed by atoms with van der Waals surface area (Å²) in [6, 6.07) is -2.14. The van der Waals surface area contributed by atoms with Gasteiger partial charge in [0, 0.05) is 19.8 Å². The van der Waals surface area contributed by atoms with Crippen LogP contribution in [0.3, 0.4) is 0 Å². The SMILES string of the molecule is C/C(=N/N=C(N)[O-])C1(c2c(C)[nH]n(C(N)=O)c2=O)C(=O)N(C)C(=S)N1C. The molecule has 0 saturated carbocycles. The van der Waals surface area contributed by atoms with Crippen LogP contribution < -0.4 is 22.1 Å². The van der Waals surface area contributed by atoms with Crippen molar-refractivity contribution in [2.45, 2.75) is 19.4 Å². The number of hydrogen-bond donors (Lipinski definition) is 3. The van der Waals surface area contributed by atoms with Gasteiger partial charge in [0.2, 0.25) is 0 Å². The molecule has 1 aromatic heterocycles. The predicted octanol–water partition coefficient (Wildman–Crippen LogP) is -2.65. The van der Waals surface area contributed by atoms with Gasteiger partial charge in [-0.3, -0.25) is 19.6 Å². The van der Waals surface area contributed by atoms with Gasteiger partial charge in [-0.05, 0) is 26.1 Å². The van der Waals surface area contributed by atoms with Crippen LogP contribution in [0, 0.1) is 6.92 Å². The monoisotopic (exact) mass is 381 g/mol. The summed E-state index contributed by atoms with van der Waals surface area (Å²) in [6.45, 7) is 2.88. The lowest BCUT2D eigenvalue weighted by molar-refractivity contribution is -0.217. The van der Waals surface area contributed by atoms with Crippen LogP contribution >= 0.6 is 12.2 Å². The maximum atomic E-state index is 13.1. The summed E-state index contributed by atoms with van der Waals surface area (Å²) in [6.07, 6.45) is 0. The molecule has 1 saturated heterocycles. The highest BCUT2D eigenvalue weighted by atomic mass is 32.1. The number of carbonyl (C=O) groups excluding carboxylic acids is 2. The van der Waals surface area contributed by atoms with Crippen LogP contribution in [0.2, 0.25) is 0 Å². The fourth-order valence-corrected chi connectivity index (χ4v) is 3.24. The smallest absolute Gasteiger partial charge is 0.341 e. The van der Waals surface area contributed by atoms with Gasteiger partial charge in [0.1, 0.15) is 0 Å². The third-order valence-electron chi connectivity index (χ3n) is 4.17. The first-order valence-corrected chi connectivity index (χ1v) is 7.61.